The molecule has 4 rings (SSSR count). The van der Waals surface area contributed by atoms with Crippen LogP contribution < -0.4 is 0 Å². The van der Waals surface area contributed by atoms with Crippen molar-refractivity contribution < 1.29 is 18.3 Å². The maximum absolute atomic E-state index is 13.0. The van der Waals surface area contributed by atoms with Crippen LogP contribution in [-0.2, 0) is 23.0 Å². The molecular formula is C18H15ClN2O4S. The summed E-state index contributed by atoms with van der Waals surface area (Å²) in [7, 11) is -3.74. The summed E-state index contributed by atoms with van der Waals surface area (Å²) in [5, 5.41) is 10.1. The number of carbonyl (C=O) groups is 1. The van der Waals surface area contributed by atoms with Crippen LogP contribution >= 0.6 is 11.6 Å². The van der Waals surface area contributed by atoms with Gasteiger partial charge in [-0.1, -0.05) is 23.7 Å². The third-order valence-corrected chi connectivity index (χ3v) is 6.99. The molecule has 0 fully saturated rings. The molecule has 0 saturated heterocycles. The zero-order valence-corrected chi connectivity index (χ0v) is 15.1. The number of carboxylic acids is 1. The Morgan fingerprint density at radius 2 is 1.96 bits per heavy atom. The number of fused-ring (bicyclic) bond motifs is 3. The first-order valence-electron chi connectivity index (χ1n) is 7.99. The topological polar surface area (TPSA) is 90.5 Å². The number of hydrogen-bond donors (Lipinski definition) is 2. The fourth-order valence-electron chi connectivity index (χ4n) is 3.32. The monoisotopic (exact) mass is 390 g/mol. The minimum atomic E-state index is -3.74. The minimum absolute atomic E-state index is 0.0798. The van der Waals surface area contributed by atoms with Crippen LogP contribution in [-0.4, -0.2) is 35.3 Å². The van der Waals surface area contributed by atoms with Gasteiger partial charge < -0.3 is 10.1 Å². The average molecular weight is 391 g/mol. The van der Waals surface area contributed by atoms with E-state index in [1.54, 1.807) is 30.3 Å². The van der Waals surface area contributed by atoms with E-state index in [-0.39, 0.29) is 22.0 Å². The standard InChI is InChI=1S/C18H15ClN2O4S/c19-14-3-1-2-4-17(14)26(24,25)21-8-7-16-13(10-21)12-9-11(18(22)23)5-6-15(12)20-16/h1-6,9,20H,7-8,10H2,(H,22,23). The molecule has 0 bridgehead atoms. The van der Waals surface area contributed by atoms with Gasteiger partial charge in [0, 0.05) is 36.1 Å². The number of nitrogens with zero attached hydrogens (tertiary/aromatic N) is 1. The number of H-pyrrole nitrogens is 1. The number of sulfonamides is 1. The molecule has 8 heteroatoms. The lowest BCUT2D eigenvalue weighted by molar-refractivity contribution is 0.0697. The van der Waals surface area contributed by atoms with Crippen molar-refractivity contribution >= 4 is 38.5 Å². The number of nitrogens with one attached hydrogen (secondary N) is 1. The Labute approximate surface area is 155 Å². The first-order chi connectivity index (χ1) is 12.4. The fraction of sp³-hybridized carbons (Fsp3) is 0.167. The molecule has 2 heterocycles. The first-order valence-corrected chi connectivity index (χ1v) is 9.81. The molecule has 0 saturated carbocycles. The molecule has 134 valence electrons. The van der Waals surface area contributed by atoms with Crippen LogP contribution in [0.5, 0.6) is 0 Å². The highest BCUT2D eigenvalue weighted by molar-refractivity contribution is 7.89. The van der Waals surface area contributed by atoms with Crippen LogP contribution in [0.1, 0.15) is 21.6 Å². The van der Waals surface area contributed by atoms with Crippen molar-refractivity contribution in [3.63, 3.8) is 0 Å². The first kappa shape index (κ1) is 17.1. The Balaban J connectivity index is 1.78. The summed E-state index contributed by atoms with van der Waals surface area (Å²) >= 11 is 6.08. The molecule has 0 atom stereocenters. The Morgan fingerprint density at radius 3 is 2.69 bits per heavy atom. The van der Waals surface area contributed by atoms with Crippen molar-refractivity contribution in [2.45, 2.75) is 17.9 Å². The van der Waals surface area contributed by atoms with E-state index in [1.807, 2.05) is 0 Å². The van der Waals surface area contributed by atoms with Gasteiger partial charge in [0.1, 0.15) is 4.90 Å². The summed E-state index contributed by atoms with van der Waals surface area (Å²) in [6, 6.07) is 11.2. The highest BCUT2D eigenvalue weighted by Gasteiger charge is 2.31. The minimum Gasteiger partial charge on any atom is -0.478 e. The largest absolute Gasteiger partial charge is 0.478 e. The van der Waals surface area contributed by atoms with E-state index in [2.05, 4.69) is 4.98 Å². The second-order valence-corrected chi connectivity index (χ2v) is 8.48. The zero-order valence-electron chi connectivity index (χ0n) is 13.6. The molecule has 2 aromatic carbocycles. The molecule has 0 aliphatic carbocycles. The van der Waals surface area contributed by atoms with E-state index in [4.69, 9.17) is 11.6 Å². The van der Waals surface area contributed by atoms with Crippen LogP contribution in [0, 0.1) is 0 Å². The van der Waals surface area contributed by atoms with Gasteiger partial charge in [0.15, 0.2) is 0 Å². The van der Waals surface area contributed by atoms with Crippen molar-refractivity contribution in [2.75, 3.05) is 6.54 Å². The molecule has 6 nitrogen and oxygen atoms in total. The summed E-state index contributed by atoms with van der Waals surface area (Å²) in [6.07, 6.45) is 0.524. The molecule has 1 aliphatic rings. The summed E-state index contributed by atoms with van der Waals surface area (Å²) in [6.45, 7) is 0.505. The fourth-order valence-corrected chi connectivity index (χ4v) is 5.22. The maximum Gasteiger partial charge on any atom is 0.335 e. The van der Waals surface area contributed by atoms with Gasteiger partial charge in [0.2, 0.25) is 10.0 Å². The summed E-state index contributed by atoms with van der Waals surface area (Å²) < 4.78 is 27.4. The number of halogens is 1. The van der Waals surface area contributed by atoms with Gasteiger partial charge in [-0.2, -0.15) is 4.31 Å². The lowest BCUT2D eigenvalue weighted by Crippen LogP contribution is -2.35. The Hall–Kier alpha value is -2.35. The second-order valence-electron chi connectivity index (χ2n) is 6.17. The molecule has 26 heavy (non-hydrogen) atoms. The van der Waals surface area contributed by atoms with Crippen LogP contribution in [0.4, 0.5) is 0 Å². The summed E-state index contributed by atoms with van der Waals surface area (Å²) in [5.74, 6) is -1.02. The lowest BCUT2D eigenvalue weighted by Gasteiger charge is -2.26. The van der Waals surface area contributed by atoms with E-state index < -0.39 is 16.0 Å². The molecule has 1 aliphatic heterocycles. The molecular weight excluding hydrogens is 376 g/mol. The van der Waals surface area contributed by atoms with Crippen LogP contribution in [0.2, 0.25) is 5.02 Å². The highest BCUT2D eigenvalue weighted by Crippen LogP contribution is 2.32. The quantitative estimate of drug-likeness (QED) is 0.718. The lowest BCUT2D eigenvalue weighted by atomic mass is 10.0. The van der Waals surface area contributed by atoms with E-state index in [0.717, 1.165) is 22.2 Å². The second kappa shape index (κ2) is 6.12. The van der Waals surface area contributed by atoms with Gasteiger partial charge in [-0.25, -0.2) is 13.2 Å². The average Bonchev–Trinajstić information content (AvgIpc) is 2.98. The number of benzene rings is 2. The predicted octanol–water partition coefficient (Wildman–Crippen LogP) is 3.27. The highest BCUT2D eigenvalue weighted by atomic mass is 35.5. The van der Waals surface area contributed by atoms with Gasteiger partial charge in [0.05, 0.1) is 10.6 Å². The van der Waals surface area contributed by atoms with Crippen molar-refractivity contribution in [1.82, 2.24) is 9.29 Å². The predicted molar refractivity (Wildman–Crippen MR) is 98.0 cm³/mol. The third-order valence-electron chi connectivity index (χ3n) is 4.64. The molecule has 3 aromatic rings. The van der Waals surface area contributed by atoms with Gasteiger partial charge in [-0.3, -0.25) is 0 Å². The molecule has 0 spiro atoms. The molecule has 0 radical (unpaired) electrons. The van der Waals surface area contributed by atoms with E-state index in [1.165, 1.54) is 16.4 Å². The van der Waals surface area contributed by atoms with E-state index in [0.29, 0.717) is 13.0 Å². The van der Waals surface area contributed by atoms with Crippen LogP contribution in [0.25, 0.3) is 10.9 Å². The molecule has 0 unspecified atom stereocenters. The zero-order chi connectivity index (χ0) is 18.5. The third kappa shape index (κ3) is 2.68. The maximum atomic E-state index is 13.0. The number of hydrogen-bond acceptors (Lipinski definition) is 3. The molecule has 0 amide bonds. The number of carboxylic acid groups (broad SMARTS) is 1. The number of aromatic nitrogens is 1. The van der Waals surface area contributed by atoms with Crippen molar-refractivity contribution in [1.29, 1.82) is 0 Å². The number of aromatic amines is 1. The number of aromatic carboxylic acids is 1. The molecule has 1 aromatic heterocycles. The van der Waals surface area contributed by atoms with Gasteiger partial charge in [-0.15, -0.1) is 0 Å². The van der Waals surface area contributed by atoms with Crippen molar-refractivity contribution in [3.8, 4) is 0 Å². The smallest absolute Gasteiger partial charge is 0.335 e. The van der Waals surface area contributed by atoms with E-state index >= 15 is 0 Å². The Morgan fingerprint density at radius 1 is 1.19 bits per heavy atom. The van der Waals surface area contributed by atoms with Crippen molar-refractivity contribution in [2.24, 2.45) is 0 Å². The normalized spacial score (nSPS) is 15.1. The number of rotatable bonds is 3. The van der Waals surface area contributed by atoms with E-state index in [9.17, 15) is 18.3 Å². The van der Waals surface area contributed by atoms with Gasteiger partial charge in [-0.05, 0) is 35.9 Å². The van der Waals surface area contributed by atoms with Crippen LogP contribution in [0.3, 0.4) is 0 Å². The van der Waals surface area contributed by atoms with Crippen molar-refractivity contribution in [3.05, 3.63) is 64.3 Å². The van der Waals surface area contributed by atoms with Crippen LogP contribution in [0.15, 0.2) is 47.4 Å². The van der Waals surface area contributed by atoms with Gasteiger partial charge >= 0.3 is 5.97 Å². The Bertz CT molecular complexity index is 1140. The SMILES string of the molecule is O=C(O)c1ccc2[nH]c3c(c2c1)CN(S(=O)(=O)c1ccccc1Cl)CC3. The van der Waals surface area contributed by atoms with Gasteiger partial charge in [0.25, 0.3) is 0 Å². The Kier molecular flexibility index (Phi) is 4.02. The summed E-state index contributed by atoms with van der Waals surface area (Å²) in [5.41, 5.74) is 2.72. The molecule has 2 N–H and O–H groups in total. The summed E-state index contributed by atoms with van der Waals surface area (Å²) in [4.78, 5) is 14.6.